The van der Waals surface area contributed by atoms with Crippen molar-refractivity contribution in [3.63, 3.8) is 0 Å². The number of pyridine rings is 1. The van der Waals surface area contributed by atoms with Gasteiger partial charge in [0.05, 0.1) is 11.9 Å². The van der Waals surface area contributed by atoms with E-state index in [2.05, 4.69) is 20.2 Å². The number of carbonyl (C=O) groups is 1. The number of nitrogens with one attached hydrogen (secondary N) is 1. The second-order valence-electron chi connectivity index (χ2n) is 9.15. The van der Waals surface area contributed by atoms with E-state index in [1.165, 1.54) is 11.3 Å². The minimum atomic E-state index is -4.35. The predicted molar refractivity (Wildman–Crippen MR) is 126 cm³/mol. The van der Waals surface area contributed by atoms with Gasteiger partial charge in [0.2, 0.25) is 0 Å². The van der Waals surface area contributed by atoms with Gasteiger partial charge in [-0.15, -0.1) is 0 Å². The maximum atomic E-state index is 12.4. The van der Waals surface area contributed by atoms with Gasteiger partial charge in [-0.1, -0.05) is 11.3 Å². The fourth-order valence-electron chi connectivity index (χ4n) is 4.63. The molecule has 11 heteroatoms. The molecule has 1 aliphatic heterocycles. The molecule has 1 N–H and O–H groups in total. The van der Waals surface area contributed by atoms with E-state index in [1.54, 1.807) is 24.5 Å². The molecule has 0 radical (unpaired) electrons. The predicted octanol–water partition coefficient (Wildman–Crippen LogP) is 4.02. The van der Waals surface area contributed by atoms with Crippen LogP contribution in [0.15, 0.2) is 24.5 Å². The number of alkyl halides is 3. The van der Waals surface area contributed by atoms with Crippen molar-refractivity contribution >= 4 is 17.2 Å². The molecule has 2 aromatic heterocycles. The van der Waals surface area contributed by atoms with Crippen LogP contribution in [-0.2, 0) is 17.6 Å². The summed E-state index contributed by atoms with van der Waals surface area (Å²) in [5.74, 6) is 1.13. The van der Waals surface area contributed by atoms with Crippen LogP contribution in [-0.4, -0.2) is 65.8 Å². The summed E-state index contributed by atoms with van der Waals surface area (Å²) in [6.45, 7) is 1.45. The Morgan fingerprint density at radius 3 is 2.71 bits per heavy atom. The molecular weight excluding hydrogens is 481 g/mol. The molecule has 1 fully saturated rings. The van der Waals surface area contributed by atoms with Crippen molar-refractivity contribution in [2.24, 2.45) is 5.92 Å². The van der Waals surface area contributed by atoms with Gasteiger partial charge in [0.1, 0.15) is 5.75 Å². The van der Waals surface area contributed by atoms with E-state index >= 15 is 0 Å². The van der Waals surface area contributed by atoms with E-state index in [0.29, 0.717) is 11.7 Å². The lowest BCUT2D eigenvalue weighted by Crippen LogP contribution is -2.40. The van der Waals surface area contributed by atoms with Crippen LogP contribution in [0.5, 0.6) is 10.9 Å². The Labute approximate surface area is 207 Å². The highest BCUT2D eigenvalue weighted by molar-refractivity contribution is 7.13. The molecule has 1 aliphatic carbocycles. The van der Waals surface area contributed by atoms with Crippen molar-refractivity contribution in [3.05, 3.63) is 35.1 Å². The van der Waals surface area contributed by atoms with Crippen LogP contribution in [0.4, 0.5) is 13.2 Å². The topological polar surface area (TPSA) is 76.6 Å². The molecule has 1 saturated carbocycles. The van der Waals surface area contributed by atoms with Gasteiger partial charge in [0, 0.05) is 36.6 Å². The van der Waals surface area contributed by atoms with Crippen molar-refractivity contribution in [1.29, 1.82) is 0 Å². The number of aromatic nitrogens is 2. The van der Waals surface area contributed by atoms with Crippen molar-refractivity contribution in [1.82, 2.24) is 20.2 Å². The van der Waals surface area contributed by atoms with Gasteiger partial charge in [-0.25, -0.2) is 4.98 Å². The van der Waals surface area contributed by atoms with E-state index in [-0.39, 0.29) is 23.7 Å². The Hall–Kier alpha value is -2.40. The number of nitrogens with zero attached hydrogens (tertiary/aromatic N) is 3. The Bertz CT molecular complexity index is 924. The molecule has 2 aromatic rings. The highest BCUT2D eigenvalue weighted by atomic mass is 32.1. The second kappa shape index (κ2) is 12.0. The van der Waals surface area contributed by atoms with Crippen LogP contribution in [0.2, 0.25) is 0 Å². The average Bonchev–Trinajstić information content (AvgIpc) is 3.14. The SMILES string of the molecule is O=C(COc1cccnc1)NC1CCC(CCN2CCc3nc(OCC(F)(F)F)sc3CC2)CC1. The third kappa shape index (κ3) is 8.34. The summed E-state index contributed by atoms with van der Waals surface area (Å²) in [5, 5.41) is 3.20. The third-order valence-electron chi connectivity index (χ3n) is 6.51. The first-order valence-corrected chi connectivity index (χ1v) is 12.9. The monoisotopic (exact) mass is 512 g/mol. The third-order valence-corrected chi connectivity index (χ3v) is 7.58. The van der Waals surface area contributed by atoms with Crippen molar-refractivity contribution in [2.75, 3.05) is 32.8 Å². The fourth-order valence-corrected chi connectivity index (χ4v) is 5.57. The van der Waals surface area contributed by atoms with Crippen LogP contribution in [0.1, 0.15) is 42.7 Å². The van der Waals surface area contributed by atoms with Crippen LogP contribution < -0.4 is 14.8 Å². The van der Waals surface area contributed by atoms with E-state index in [9.17, 15) is 18.0 Å². The Kier molecular flexibility index (Phi) is 8.83. The van der Waals surface area contributed by atoms with Crippen LogP contribution in [0.3, 0.4) is 0 Å². The van der Waals surface area contributed by atoms with Gasteiger partial charge in [-0.3, -0.25) is 9.78 Å². The maximum Gasteiger partial charge on any atom is 0.422 e. The van der Waals surface area contributed by atoms with Gasteiger partial charge in [0.15, 0.2) is 13.2 Å². The van der Waals surface area contributed by atoms with E-state index < -0.39 is 12.8 Å². The maximum absolute atomic E-state index is 12.4. The molecule has 192 valence electrons. The van der Waals surface area contributed by atoms with Gasteiger partial charge < -0.3 is 19.7 Å². The normalized spacial score (nSPS) is 21.1. The van der Waals surface area contributed by atoms with Gasteiger partial charge in [-0.05, 0) is 63.1 Å². The van der Waals surface area contributed by atoms with Gasteiger partial charge in [-0.2, -0.15) is 13.2 Å². The Morgan fingerprint density at radius 2 is 1.97 bits per heavy atom. The van der Waals surface area contributed by atoms with Crippen LogP contribution in [0, 0.1) is 5.92 Å². The summed E-state index contributed by atoms with van der Waals surface area (Å²) >= 11 is 1.24. The molecule has 7 nitrogen and oxygen atoms in total. The molecule has 0 spiro atoms. The fraction of sp³-hybridized carbons (Fsp3) is 0.625. The molecule has 2 aliphatic rings. The molecule has 4 rings (SSSR count). The highest BCUT2D eigenvalue weighted by Crippen LogP contribution is 2.31. The smallest absolute Gasteiger partial charge is 0.422 e. The highest BCUT2D eigenvalue weighted by Gasteiger charge is 2.30. The van der Waals surface area contributed by atoms with Gasteiger partial charge in [0.25, 0.3) is 11.1 Å². The zero-order chi connectivity index (χ0) is 24.7. The number of fused-ring (bicyclic) bond motifs is 1. The number of thiazole rings is 1. The number of rotatable bonds is 9. The summed E-state index contributed by atoms with van der Waals surface area (Å²) in [7, 11) is 0. The first kappa shape index (κ1) is 25.7. The lowest BCUT2D eigenvalue weighted by atomic mass is 9.84. The molecule has 0 atom stereocenters. The summed E-state index contributed by atoms with van der Waals surface area (Å²) in [5.41, 5.74) is 0.874. The average molecular weight is 513 g/mol. The molecule has 0 aromatic carbocycles. The lowest BCUT2D eigenvalue weighted by molar-refractivity contribution is -0.153. The quantitative estimate of drug-likeness (QED) is 0.547. The first-order chi connectivity index (χ1) is 16.8. The van der Waals surface area contributed by atoms with E-state index in [0.717, 1.165) is 75.2 Å². The largest absolute Gasteiger partial charge is 0.482 e. The minimum Gasteiger partial charge on any atom is -0.482 e. The molecular formula is C24H31F3N4O3S. The van der Waals surface area contributed by atoms with Crippen LogP contribution >= 0.6 is 11.3 Å². The zero-order valence-corrected chi connectivity index (χ0v) is 20.4. The van der Waals surface area contributed by atoms with Crippen molar-refractivity contribution in [3.8, 4) is 10.9 Å². The summed E-state index contributed by atoms with van der Waals surface area (Å²) < 4.78 is 47.4. The van der Waals surface area contributed by atoms with E-state index in [1.807, 2.05) is 0 Å². The zero-order valence-electron chi connectivity index (χ0n) is 19.6. The summed E-state index contributed by atoms with van der Waals surface area (Å²) in [6.07, 6.45) is 5.69. The number of halogens is 3. The Morgan fingerprint density at radius 1 is 1.17 bits per heavy atom. The molecule has 0 bridgehead atoms. The lowest BCUT2D eigenvalue weighted by Gasteiger charge is -2.30. The van der Waals surface area contributed by atoms with Crippen molar-refractivity contribution in [2.45, 2.75) is 57.2 Å². The number of hydrogen-bond donors (Lipinski definition) is 1. The molecule has 0 unspecified atom stereocenters. The Balaban J connectivity index is 1.11. The number of hydrogen-bond acceptors (Lipinski definition) is 7. The van der Waals surface area contributed by atoms with Crippen LogP contribution in [0.25, 0.3) is 0 Å². The van der Waals surface area contributed by atoms with Crippen molar-refractivity contribution < 1.29 is 27.4 Å². The van der Waals surface area contributed by atoms with E-state index in [4.69, 9.17) is 9.47 Å². The number of amides is 1. The molecule has 35 heavy (non-hydrogen) atoms. The second-order valence-corrected chi connectivity index (χ2v) is 10.2. The molecule has 1 amide bonds. The van der Waals surface area contributed by atoms with Gasteiger partial charge >= 0.3 is 6.18 Å². The standard InChI is InChI=1S/C24H31F3N4O3S/c25-24(26,27)16-34-23-30-20-8-12-31(13-9-21(20)35-23)11-7-17-3-5-18(6-4-17)29-22(32)15-33-19-2-1-10-28-14-19/h1-2,10,14,17-18H,3-9,11-13,15-16H2,(H,29,32). The molecule has 3 heterocycles. The number of carbonyl (C=O) groups excluding carboxylic acids is 1. The summed E-state index contributed by atoms with van der Waals surface area (Å²) in [6, 6.07) is 3.74. The minimum absolute atomic E-state index is 0.00310. The number of ether oxygens (including phenoxy) is 2. The molecule has 0 saturated heterocycles. The first-order valence-electron chi connectivity index (χ1n) is 12.1. The summed E-state index contributed by atoms with van der Waals surface area (Å²) in [4.78, 5) is 23.9.